The molecular weight excluding hydrogens is 284 g/mol. The first kappa shape index (κ1) is 21.2. The lowest BCUT2D eigenvalue weighted by molar-refractivity contribution is -0.386. The third-order valence-corrected chi connectivity index (χ3v) is 3.39. The molecule has 0 aromatic heterocycles. The topological polar surface area (TPSA) is 65.0 Å². The molecule has 0 saturated carbocycles. The number of carbonyl (C=O) groups is 1. The Hall–Kier alpha value is -0.810. The number of hydrogen-bond acceptors (Lipinski definition) is 4. The minimum absolute atomic E-state index is 0.00138. The van der Waals surface area contributed by atoms with E-state index in [2.05, 4.69) is 27.7 Å². The summed E-state index contributed by atoms with van der Waals surface area (Å²) in [6.45, 7) is 14.6. The Balaban J connectivity index is 4.46. The summed E-state index contributed by atoms with van der Waals surface area (Å²) in [5.74, 6) is 0.00138. The number of rotatable bonds is 10. The van der Waals surface area contributed by atoms with E-state index < -0.39 is 11.8 Å². The maximum Gasteiger partial charge on any atom is 0.505 e. The Labute approximate surface area is 135 Å². The molecule has 0 radical (unpaired) electrons. The normalized spacial score (nSPS) is 15.4. The van der Waals surface area contributed by atoms with Crippen LogP contribution in [0.5, 0.6) is 0 Å². The van der Waals surface area contributed by atoms with E-state index in [1.165, 1.54) is 0 Å². The van der Waals surface area contributed by atoms with Gasteiger partial charge in [0.2, 0.25) is 0 Å². The van der Waals surface area contributed by atoms with Gasteiger partial charge < -0.3 is 9.84 Å². The van der Waals surface area contributed by atoms with E-state index in [-0.39, 0.29) is 24.0 Å². The van der Waals surface area contributed by atoms with Gasteiger partial charge in [-0.15, -0.1) is 0 Å². The van der Waals surface area contributed by atoms with Gasteiger partial charge in [0.05, 0.1) is 11.7 Å². The van der Waals surface area contributed by atoms with Crippen molar-refractivity contribution >= 4 is 6.16 Å². The minimum atomic E-state index is -1.25. The predicted octanol–water partition coefficient (Wildman–Crippen LogP) is 5.04. The Morgan fingerprint density at radius 3 is 2.23 bits per heavy atom. The second-order valence-electron chi connectivity index (χ2n) is 7.86. The van der Waals surface area contributed by atoms with Crippen LogP contribution >= 0.6 is 0 Å². The average Bonchev–Trinajstić information content (AvgIpc) is 2.33. The van der Waals surface area contributed by atoms with Gasteiger partial charge in [0.15, 0.2) is 0 Å². The van der Waals surface area contributed by atoms with Gasteiger partial charge in [-0.3, -0.25) is 0 Å². The van der Waals surface area contributed by atoms with Crippen LogP contribution in [-0.2, 0) is 14.5 Å². The Morgan fingerprint density at radius 2 is 1.77 bits per heavy atom. The molecule has 2 unspecified atom stereocenters. The van der Waals surface area contributed by atoms with E-state index in [1.54, 1.807) is 0 Å². The van der Waals surface area contributed by atoms with Gasteiger partial charge in [0, 0.05) is 5.92 Å². The first-order valence-electron chi connectivity index (χ1n) is 8.17. The van der Waals surface area contributed by atoms with Crippen molar-refractivity contribution < 1.29 is 24.4 Å². The molecule has 0 aromatic carbocycles. The van der Waals surface area contributed by atoms with Crippen molar-refractivity contribution in [2.24, 2.45) is 11.3 Å². The Bertz CT molecular complexity index is 320. The van der Waals surface area contributed by atoms with E-state index in [0.29, 0.717) is 0 Å². The fourth-order valence-corrected chi connectivity index (χ4v) is 2.69. The quantitative estimate of drug-likeness (QED) is 0.347. The van der Waals surface area contributed by atoms with E-state index in [1.807, 2.05) is 20.8 Å². The summed E-state index contributed by atoms with van der Waals surface area (Å²) >= 11 is 0. The van der Waals surface area contributed by atoms with Crippen molar-refractivity contribution in [2.75, 3.05) is 6.61 Å². The second kappa shape index (κ2) is 9.36. The molecule has 0 aliphatic carbocycles. The van der Waals surface area contributed by atoms with Crippen molar-refractivity contribution in [1.29, 1.82) is 0 Å². The monoisotopic (exact) mass is 318 g/mol. The Kier molecular flexibility index (Phi) is 9.01. The van der Waals surface area contributed by atoms with Crippen molar-refractivity contribution in [2.45, 2.75) is 85.9 Å². The molecule has 2 atom stereocenters. The Morgan fingerprint density at radius 1 is 1.18 bits per heavy atom. The van der Waals surface area contributed by atoms with Crippen LogP contribution in [0.3, 0.4) is 0 Å². The highest BCUT2D eigenvalue weighted by Gasteiger charge is 2.29. The van der Waals surface area contributed by atoms with Crippen LogP contribution in [0.15, 0.2) is 0 Å². The molecule has 132 valence electrons. The summed E-state index contributed by atoms with van der Waals surface area (Å²) < 4.78 is 4.72. The molecule has 0 aliphatic heterocycles. The van der Waals surface area contributed by atoms with Crippen LogP contribution in [0.1, 0.15) is 74.1 Å². The van der Waals surface area contributed by atoms with Gasteiger partial charge in [0.25, 0.3) is 0 Å². The van der Waals surface area contributed by atoms with Gasteiger partial charge in [-0.05, 0) is 39.0 Å². The SMILES string of the molecule is CCCCC(COC(=O)O)C(C)OOC(C)(C)CC(C)(C)C. The standard InChI is InChI=1S/C17H34O5/c1-8-9-10-14(11-20-15(18)19)13(2)21-22-17(6,7)12-16(3,4)5/h13-14H,8-12H2,1-7H3,(H,18,19). The highest BCUT2D eigenvalue weighted by molar-refractivity contribution is 5.56. The zero-order valence-corrected chi connectivity index (χ0v) is 15.3. The van der Waals surface area contributed by atoms with E-state index in [9.17, 15) is 4.79 Å². The summed E-state index contributed by atoms with van der Waals surface area (Å²) in [5.41, 5.74) is -0.250. The van der Waals surface area contributed by atoms with Crippen LogP contribution in [0.4, 0.5) is 4.79 Å². The zero-order valence-electron chi connectivity index (χ0n) is 15.3. The van der Waals surface area contributed by atoms with Gasteiger partial charge >= 0.3 is 6.16 Å². The van der Waals surface area contributed by atoms with Crippen molar-refractivity contribution in [1.82, 2.24) is 0 Å². The summed E-state index contributed by atoms with van der Waals surface area (Å²) in [4.78, 5) is 21.8. The summed E-state index contributed by atoms with van der Waals surface area (Å²) in [6.07, 6.45) is 2.30. The highest BCUT2D eigenvalue weighted by Crippen LogP contribution is 2.30. The van der Waals surface area contributed by atoms with E-state index in [4.69, 9.17) is 19.6 Å². The lowest BCUT2D eigenvalue weighted by atomic mass is 9.84. The molecule has 0 rings (SSSR count). The van der Waals surface area contributed by atoms with Crippen molar-refractivity contribution in [3.05, 3.63) is 0 Å². The fraction of sp³-hybridized carbons (Fsp3) is 0.941. The molecular formula is C17H34O5. The molecule has 0 saturated heterocycles. The second-order valence-corrected chi connectivity index (χ2v) is 7.86. The van der Waals surface area contributed by atoms with Gasteiger partial charge in [-0.1, -0.05) is 40.5 Å². The third kappa shape index (κ3) is 10.9. The van der Waals surface area contributed by atoms with Gasteiger partial charge in [0.1, 0.15) is 6.61 Å². The minimum Gasteiger partial charge on any atom is -0.450 e. The molecule has 1 N–H and O–H groups in total. The predicted molar refractivity (Wildman–Crippen MR) is 86.8 cm³/mol. The van der Waals surface area contributed by atoms with Crippen LogP contribution in [0.2, 0.25) is 0 Å². The van der Waals surface area contributed by atoms with Gasteiger partial charge in [-0.25, -0.2) is 14.6 Å². The molecule has 0 amide bonds. The van der Waals surface area contributed by atoms with Crippen LogP contribution in [0.25, 0.3) is 0 Å². The third-order valence-electron chi connectivity index (χ3n) is 3.39. The van der Waals surface area contributed by atoms with Crippen LogP contribution in [0, 0.1) is 11.3 Å². The molecule has 5 nitrogen and oxygen atoms in total. The van der Waals surface area contributed by atoms with Crippen molar-refractivity contribution in [3.8, 4) is 0 Å². The molecule has 0 aliphatic rings. The highest BCUT2D eigenvalue weighted by atomic mass is 17.2. The first-order valence-corrected chi connectivity index (χ1v) is 8.17. The number of ether oxygens (including phenoxy) is 1. The van der Waals surface area contributed by atoms with Crippen LogP contribution in [-0.4, -0.2) is 29.6 Å². The number of carboxylic acid groups (broad SMARTS) is 1. The zero-order chi connectivity index (χ0) is 17.4. The molecule has 0 spiro atoms. The molecule has 22 heavy (non-hydrogen) atoms. The molecule has 0 heterocycles. The maximum atomic E-state index is 10.6. The average molecular weight is 318 g/mol. The van der Waals surface area contributed by atoms with E-state index >= 15 is 0 Å². The lowest BCUT2D eigenvalue weighted by Gasteiger charge is -2.33. The number of hydrogen-bond donors (Lipinski definition) is 1. The summed E-state index contributed by atoms with van der Waals surface area (Å²) in [5, 5.41) is 8.66. The summed E-state index contributed by atoms with van der Waals surface area (Å²) in [6, 6.07) is 0. The molecule has 0 aromatic rings. The van der Waals surface area contributed by atoms with E-state index in [0.717, 1.165) is 25.7 Å². The van der Waals surface area contributed by atoms with Gasteiger partial charge in [-0.2, -0.15) is 0 Å². The largest absolute Gasteiger partial charge is 0.505 e. The number of unbranched alkanes of at least 4 members (excludes halogenated alkanes) is 1. The smallest absolute Gasteiger partial charge is 0.450 e. The molecule has 0 fully saturated rings. The maximum absolute atomic E-state index is 10.6. The summed E-state index contributed by atoms with van der Waals surface area (Å²) in [7, 11) is 0. The first-order chi connectivity index (χ1) is 9.97. The molecule has 5 heteroatoms. The molecule has 0 bridgehead atoms. The van der Waals surface area contributed by atoms with Crippen LogP contribution < -0.4 is 0 Å². The fourth-order valence-electron chi connectivity index (χ4n) is 2.69. The van der Waals surface area contributed by atoms with Crippen molar-refractivity contribution in [3.63, 3.8) is 0 Å². The lowest BCUT2D eigenvalue weighted by Crippen LogP contribution is -2.34.